The topological polar surface area (TPSA) is 16.4 Å². The number of hydrogen-bond acceptors (Lipinski definition) is 2. The molecule has 1 heterocycles. The van der Waals surface area contributed by atoms with E-state index in [0.717, 1.165) is 55.7 Å². The van der Waals surface area contributed by atoms with Gasteiger partial charge >= 0.3 is 0 Å². The third-order valence-electron chi connectivity index (χ3n) is 12.7. The minimum atomic E-state index is -0.556. The van der Waals surface area contributed by atoms with Crippen LogP contribution in [-0.4, -0.2) is 0 Å². The molecule has 61 heavy (non-hydrogen) atoms. The predicted molar refractivity (Wildman–Crippen MR) is 254 cm³/mol. The highest BCUT2D eigenvalue weighted by Gasteiger charge is 2.46. The highest BCUT2D eigenvalue weighted by Crippen LogP contribution is 2.58. The van der Waals surface area contributed by atoms with Crippen LogP contribution in [0.3, 0.4) is 0 Å². The van der Waals surface area contributed by atoms with E-state index in [-0.39, 0.29) is 0 Å². The van der Waals surface area contributed by atoms with Crippen molar-refractivity contribution in [3.63, 3.8) is 0 Å². The minimum absolute atomic E-state index is 0.556. The monoisotopic (exact) mass is 777 g/mol. The summed E-state index contributed by atoms with van der Waals surface area (Å²) in [6, 6.07) is 85.9. The molecule has 1 aromatic heterocycles. The van der Waals surface area contributed by atoms with E-state index in [2.05, 4.69) is 241 Å². The molecule has 0 radical (unpaired) electrons. The van der Waals surface area contributed by atoms with Crippen LogP contribution in [0.4, 0.5) is 17.1 Å². The SMILES string of the molecule is c1ccc(-c2ccc(N(c3ccc4c(c3)C(c3ccccc3)(c3ccccc3)c3ccccc3-4)c3c(-c4ccccc4)ccc4c3oc3ccc5ccccc5c34)cc2)cc1. The zero-order chi connectivity index (χ0) is 40.3. The average molecular weight is 778 g/mol. The average Bonchev–Trinajstić information content (AvgIpc) is 3.87. The van der Waals surface area contributed by atoms with Crippen molar-refractivity contribution in [2.24, 2.45) is 0 Å². The third-order valence-corrected chi connectivity index (χ3v) is 12.7. The number of hydrogen-bond donors (Lipinski definition) is 0. The normalized spacial score (nSPS) is 12.7. The first-order valence-corrected chi connectivity index (χ1v) is 21.0. The Balaban J connectivity index is 1.19. The van der Waals surface area contributed by atoms with Crippen LogP contribution in [0.2, 0.25) is 0 Å². The lowest BCUT2D eigenvalue weighted by Gasteiger charge is -2.35. The molecule has 0 amide bonds. The van der Waals surface area contributed by atoms with Crippen molar-refractivity contribution in [3.8, 4) is 33.4 Å². The second-order valence-corrected chi connectivity index (χ2v) is 16.0. The van der Waals surface area contributed by atoms with Crippen LogP contribution in [0.15, 0.2) is 241 Å². The van der Waals surface area contributed by atoms with E-state index in [4.69, 9.17) is 4.42 Å². The van der Waals surface area contributed by atoms with Gasteiger partial charge in [0.1, 0.15) is 5.58 Å². The molecule has 0 bridgehead atoms. The lowest BCUT2D eigenvalue weighted by molar-refractivity contribution is 0.669. The summed E-state index contributed by atoms with van der Waals surface area (Å²) in [6.07, 6.45) is 0. The molecule has 0 saturated heterocycles. The number of furan rings is 1. The first-order chi connectivity index (χ1) is 30.3. The Kier molecular flexibility index (Phi) is 8.11. The van der Waals surface area contributed by atoms with Crippen molar-refractivity contribution in [3.05, 3.63) is 259 Å². The molecule has 2 nitrogen and oxygen atoms in total. The molecular formula is C59H39NO. The summed E-state index contributed by atoms with van der Waals surface area (Å²) in [4.78, 5) is 2.44. The molecule has 0 N–H and O–H groups in total. The van der Waals surface area contributed by atoms with Gasteiger partial charge in [-0.25, -0.2) is 0 Å². The van der Waals surface area contributed by atoms with Crippen molar-refractivity contribution >= 4 is 49.8 Å². The third kappa shape index (κ3) is 5.43. The van der Waals surface area contributed by atoms with Gasteiger partial charge in [-0.15, -0.1) is 0 Å². The van der Waals surface area contributed by atoms with Crippen LogP contribution in [0.5, 0.6) is 0 Å². The summed E-state index contributed by atoms with van der Waals surface area (Å²) in [5.41, 5.74) is 16.3. The van der Waals surface area contributed by atoms with Gasteiger partial charge in [-0.3, -0.25) is 0 Å². The molecule has 0 saturated carbocycles. The standard InChI is InChI=1S/C59H39NO/c1-5-17-40(18-6-1)41-29-32-46(33-30-41)60(57-49(42-19-7-2-8-20-42)36-37-52-56-48-26-14-13-21-43(48)31-38-55(56)61-58(52)57)47-34-35-51-50-27-15-16-28-53(50)59(54(51)39-47,44-22-9-3-10-23-44)45-24-11-4-12-25-45/h1-39H. The van der Waals surface area contributed by atoms with Gasteiger partial charge in [-0.05, 0) is 97.2 Å². The Hall–Kier alpha value is -7.94. The number of anilines is 3. The molecule has 0 aliphatic heterocycles. The van der Waals surface area contributed by atoms with Gasteiger partial charge in [0.2, 0.25) is 0 Å². The van der Waals surface area contributed by atoms with E-state index in [9.17, 15) is 0 Å². The fourth-order valence-corrected chi connectivity index (χ4v) is 10.1. The van der Waals surface area contributed by atoms with Crippen molar-refractivity contribution in [2.75, 3.05) is 4.90 Å². The summed E-state index contributed by atoms with van der Waals surface area (Å²) >= 11 is 0. The van der Waals surface area contributed by atoms with Gasteiger partial charge in [0.25, 0.3) is 0 Å². The molecule has 286 valence electrons. The maximum atomic E-state index is 7.15. The quantitative estimate of drug-likeness (QED) is 0.160. The van der Waals surface area contributed by atoms with E-state index in [1.54, 1.807) is 0 Å². The van der Waals surface area contributed by atoms with E-state index >= 15 is 0 Å². The predicted octanol–water partition coefficient (Wildman–Crippen LogP) is 15.9. The summed E-state index contributed by atoms with van der Waals surface area (Å²) in [7, 11) is 0. The first kappa shape index (κ1) is 35.0. The Labute approximate surface area is 355 Å². The van der Waals surface area contributed by atoms with Gasteiger partial charge in [0.15, 0.2) is 5.58 Å². The zero-order valence-electron chi connectivity index (χ0n) is 33.4. The van der Waals surface area contributed by atoms with Crippen molar-refractivity contribution in [1.29, 1.82) is 0 Å². The van der Waals surface area contributed by atoms with Crippen LogP contribution < -0.4 is 4.90 Å². The van der Waals surface area contributed by atoms with Gasteiger partial charge in [0.05, 0.1) is 11.1 Å². The zero-order valence-corrected chi connectivity index (χ0v) is 33.4. The molecule has 12 rings (SSSR count). The highest BCUT2D eigenvalue weighted by atomic mass is 16.3. The number of benzene rings is 10. The lowest BCUT2D eigenvalue weighted by Crippen LogP contribution is -2.28. The number of nitrogens with zero attached hydrogens (tertiary/aromatic N) is 1. The van der Waals surface area contributed by atoms with Crippen LogP contribution in [-0.2, 0) is 5.41 Å². The second kappa shape index (κ2) is 14.1. The second-order valence-electron chi connectivity index (χ2n) is 16.0. The Morgan fingerprint density at radius 3 is 1.64 bits per heavy atom. The molecular weight excluding hydrogens is 739 g/mol. The van der Waals surface area contributed by atoms with Crippen LogP contribution in [0, 0.1) is 0 Å². The van der Waals surface area contributed by atoms with Crippen LogP contribution >= 0.6 is 0 Å². The molecule has 0 unspecified atom stereocenters. The molecule has 1 aliphatic carbocycles. The maximum absolute atomic E-state index is 7.15. The van der Waals surface area contributed by atoms with E-state index in [1.165, 1.54) is 49.7 Å². The summed E-state index contributed by atoms with van der Waals surface area (Å²) < 4.78 is 7.15. The van der Waals surface area contributed by atoms with Crippen LogP contribution in [0.25, 0.3) is 66.1 Å². The Morgan fingerprint density at radius 2 is 0.918 bits per heavy atom. The van der Waals surface area contributed by atoms with Gasteiger partial charge < -0.3 is 9.32 Å². The summed E-state index contributed by atoms with van der Waals surface area (Å²) in [6.45, 7) is 0. The highest BCUT2D eigenvalue weighted by molar-refractivity contribution is 6.22. The molecule has 2 heteroatoms. The Bertz CT molecular complexity index is 3350. The largest absolute Gasteiger partial charge is 0.454 e. The van der Waals surface area contributed by atoms with Crippen molar-refractivity contribution in [2.45, 2.75) is 5.41 Å². The summed E-state index contributed by atoms with van der Waals surface area (Å²) in [5.74, 6) is 0. The van der Waals surface area contributed by atoms with Gasteiger partial charge in [0, 0.05) is 27.7 Å². The molecule has 11 aromatic rings. The van der Waals surface area contributed by atoms with Gasteiger partial charge in [-0.1, -0.05) is 200 Å². The first-order valence-electron chi connectivity index (χ1n) is 21.0. The molecule has 0 fully saturated rings. The van der Waals surface area contributed by atoms with E-state index < -0.39 is 5.41 Å². The smallest absolute Gasteiger partial charge is 0.160 e. The summed E-state index contributed by atoms with van der Waals surface area (Å²) in [5, 5.41) is 4.59. The van der Waals surface area contributed by atoms with Crippen molar-refractivity contribution in [1.82, 2.24) is 0 Å². The molecule has 0 spiro atoms. The fourth-order valence-electron chi connectivity index (χ4n) is 10.1. The van der Waals surface area contributed by atoms with Crippen molar-refractivity contribution < 1.29 is 4.42 Å². The van der Waals surface area contributed by atoms with E-state index in [0.29, 0.717) is 0 Å². The lowest BCUT2D eigenvalue weighted by atomic mass is 9.67. The molecule has 1 aliphatic rings. The van der Waals surface area contributed by atoms with Gasteiger partial charge in [-0.2, -0.15) is 0 Å². The number of rotatable bonds is 7. The number of fused-ring (bicyclic) bond motifs is 8. The van der Waals surface area contributed by atoms with Crippen LogP contribution in [0.1, 0.15) is 22.3 Å². The minimum Gasteiger partial charge on any atom is -0.454 e. The van der Waals surface area contributed by atoms with E-state index in [1.807, 2.05) is 0 Å². The fraction of sp³-hybridized carbons (Fsp3) is 0.0169. The molecule has 0 atom stereocenters. The molecule has 10 aromatic carbocycles. The maximum Gasteiger partial charge on any atom is 0.160 e. The Morgan fingerprint density at radius 1 is 0.361 bits per heavy atom.